The molecule has 0 radical (unpaired) electrons. The summed E-state index contributed by atoms with van der Waals surface area (Å²) in [5.41, 5.74) is 4.31. The number of rotatable bonds is 4. The van der Waals surface area contributed by atoms with Gasteiger partial charge in [-0.3, -0.25) is 15.4 Å². The third kappa shape index (κ3) is 3.46. The lowest BCUT2D eigenvalue weighted by Gasteiger charge is -2.10. The topological polar surface area (TPSA) is 96.2 Å². The first kappa shape index (κ1) is 13.0. The highest BCUT2D eigenvalue weighted by atomic mass is 16.2. The van der Waals surface area contributed by atoms with Crippen molar-refractivity contribution in [2.45, 2.75) is 6.92 Å². The van der Waals surface area contributed by atoms with Crippen LogP contribution in [0, 0.1) is 6.92 Å². The predicted octanol–water partition coefficient (Wildman–Crippen LogP) is -0.244. The number of nitrogens with two attached hydrogens (primary N) is 1. The van der Waals surface area contributed by atoms with Crippen LogP contribution in [-0.4, -0.2) is 25.4 Å². The van der Waals surface area contributed by atoms with Gasteiger partial charge in [0, 0.05) is 7.05 Å². The maximum absolute atomic E-state index is 11.8. The molecule has 0 unspecified atom stereocenters. The average molecular weight is 236 g/mol. The second-order valence-electron chi connectivity index (χ2n) is 3.55. The first-order chi connectivity index (χ1) is 8.08. The molecule has 1 aromatic rings. The molecule has 5 N–H and O–H groups in total. The zero-order valence-corrected chi connectivity index (χ0v) is 9.83. The minimum absolute atomic E-state index is 0.0622. The monoisotopic (exact) mass is 236 g/mol. The SMILES string of the molecule is CNC(=O)CNC(=O)c1cc(C)ccc1NN. The smallest absolute Gasteiger partial charge is 0.253 e. The van der Waals surface area contributed by atoms with Crippen molar-refractivity contribution in [1.29, 1.82) is 0 Å². The van der Waals surface area contributed by atoms with Crippen LogP contribution in [0.4, 0.5) is 5.69 Å². The van der Waals surface area contributed by atoms with E-state index in [1.807, 2.05) is 13.0 Å². The molecule has 0 bridgehead atoms. The predicted molar refractivity (Wildman–Crippen MR) is 65.4 cm³/mol. The van der Waals surface area contributed by atoms with Gasteiger partial charge in [0.1, 0.15) is 0 Å². The second kappa shape index (κ2) is 5.86. The van der Waals surface area contributed by atoms with Crippen molar-refractivity contribution in [1.82, 2.24) is 10.6 Å². The maximum atomic E-state index is 11.8. The van der Waals surface area contributed by atoms with Crippen LogP contribution in [0.1, 0.15) is 15.9 Å². The number of aryl methyl sites for hydroxylation is 1. The van der Waals surface area contributed by atoms with Gasteiger partial charge in [-0.15, -0.1) is 0 Å². The average Bonchev–Trinajstić information content (AvgIpc) is 2.35. The Balaban J connectivity index is 2.80. The summed E-state index contributed by atoms with van der Waals surface area (Å²) in [7, 11) is 1.51. The van der Waals surface area contributed by atoms with Gasteiger partial charge >= 0.3 is 0 Å². The number of carbonyl (C=O) groups excluding carboxylic acids is 2. The Morgan fingerprint density at radius 2 is 2.06 bits per heavy atom. The van der Waals surface area contributed by atoms with Crippen LogP contribution in [0.25, 0.3) is 0 Å². The van der Waals surface area contributed by atoms with E-state index >= 15 is 0 Å². The summed E-state index contributed by atoms with van der Waals surface area (Å²) in [6.07, 6.45) is 0. The molecule has 92 valence electrons. The molecule has 1 rings (SSSR count). The van der Waals surface area contributed by atoms with Crippen LogP contribution >= 0.6 is 0 Å². The van der Waals surface area contributed by atoms with Crippen LogP contribution in [0.5, 0.6) is 0 Å². The molecule has 17 heavy (non-hydrogen) atoms. The summed E-state index contributed by atoms with van der Waals surface area (Å²) < 4.78 is 0. The van der Waals surface area contributed by atoms with Gasteiger partial charge < -0.3 is 16.1 Å². The first-order valence-electron chi connectivity index (χ1n) is 5.14. The Bertz CT molecular complexity index is 431. The number of nitrogens with one attached hydrogen (secondary N) is 3. The lowest BCUT2D eigenvalue weighted by Crippen LogP contribution is -2.35. The van der Waals surface area contributed by atoms with E-state index < -0.39 is 0 Å². The van der Waals surface area contributed by atoms with Gasteiger partial charge in [0.2, 0.25) is 5.91 Å². The fraction of sp³-hybridized carbons (Fsp3) is 0.273. The van der Waals surface area contributed by atoms with E-state index in [2.05, 4.69) is 16.1 Å². The van der Waals surface area contributed by atoms with Crippen LogP contribution in [0.2, 0.25) is 0 Å². The van der Waals surface area contributed by atoms with Gasteiger partial charge in [0.25, 0.3) is 5.91 Å². The Labute approximate surface area is 99.5 Å². The molecule has 0 heterocycles. The summed E-state index contributed by atoms with van der Waals surface area (Å²) in [6.45, 7) is 1.81. The quantitative estimate of drug-likeness (QED) is 0.428. The van der Waals surface area contributed by atoms with Crippen molar-refractivity contribution >= 4 is 17.5 Å². The zero-order chi connectivity index (χ0) is 12.8. The third-order valence-electron chi connectivity index (χ3n) is 2.26. The third-order valence-corrected chi connectivity index (χ3v) is 2.26. The maximum Gasteiger partial charge on any atom is 0.253 e. The van der Waals surface area contributed by atoms with E-state index in [1.54, 1.807) is 12.1 Å². The summed E-state index contributed by atoms with van der Waals surface area (Å²) in [6, 6.07) is 5.25. The van der Waals surface area contributed by atoms with Crippen molar-refractivity contribution in [3.8, 4) is 0 Å². The molecule has 1 aromatic carbocycles. The molecule has 6 heteroatoms. The number of nitrogen functional groups attached to an aromatic ring is 1. The van der Waals surface area contributed by atoms with E-state index in [4.69, 9.17) is 5.84 Å². The van der Waals surface area contributed by atoms with Crippen LogP contribution in [0.3, 0.4) is 0 Å². The Hall–Kier alpha value is -2.08. The van der Waals surface area contributed by atoms with Crippen molar-refractivity contribution in [2.24, 2.45) is 5.84 Å². The normalized spacial score (nSPS) is 9.59. The molecule has 0 aliphatic heterocycles. The molecule has 0 fully saturated rings. The molecular formula is C11H16N4O2. The molecular weight excluding hydrogens is 220 g/mol. The van der Waals surface area contributed by atoms with E-state index in [-0.39, 0.29) is 18.4 Å². The van der Waals surface area contributed by atoms with E-state index in [0.717, 1.165) is 5.56 Å². The number of anilines is 1. The van der Waals surface area contributed by atoms with Gasteiger partial charge in [-0.25, -0.2) is 0 Å². The van der Waals surface area contributed by atoms with Crippen LogP contribution in [-0.2, 0) is 4.79 Å². The number of hydrogen-bond donors (Lipinski definition) is 4. The number of hydrazine groups is 1. The largest absolute Gasteiger partial charge is 0.358 e. The standard InChI is InChI=1S/C11H16N4O2/c1-7-3-4-9(15-12)8(5-7)11(17)14-6-10(16)13-2/h3-5,15H,6,12H2,1-2H3,(H,13,16)(H,14,17). The van der Waals surface area contributed by atoms with E-state index in [0.29, 0.717) is 11.3 Å². The number of carbonyl (C=O) groups is 2. The Morgan fingerprint density at radius 3 is 2.65 bits per heavy atom. The molecule has 0 aromatic heterocycles. The first-order valence-corrected chi connectivity index (χ1v) is 5.14. The summed E-state index contributed by atoms with van der Waals surface area (Å²) >= 11 is 0. The lowest BCUT2D eigenvalue weighted by atomic mass is 10.1. The molecule has 0 spiro atoms. The van der Waals surface area contributed by atoms with Gasteiger partial charge in [0.15, 0.2) is 0 Å². The molecule has 0 saturated heterocycles. The number of amides is 2. The van der Waals surface area contributed by atoms with Gasteiger partial charge in [-0.1, -0.05) is 11.6 Å². The summed E-state index contributed by atoms with van der Waals surface area (Å²) in [4.78, 5) is 22.8. The molecule has 0 saturated carbocycles. The van der Waals surface area contributed by atoms with Crippen molar-refractivity contribution < 1.29 is 9.59 Å². The van der Waals surface area contributed by atoms with Crippen LogP contribution < -0.4 is 21.9 Å². The number of benzene rings is 1. The molecule has 0 atom stereocenters. The molecule has 2 amide bonds. The van der Waals surface area contributed by atoms with Gasteiger partial charge in [-0.2, -0.15) is 0 Å². The van der Waals surface area contributed by atoms with Crippen LogP contribution in [0.15, 0.2) is 18.2 Å². The highest BCUT2D eigenvalue weighted by Gasteiger charge is 2.11. The Morgan fingerprint density at radius 1 is 1.35 bits per heavy atom. The highest BCUT2D eigenvalue weighted by molar-refractivity contribution is 6.01. The van der Waals surface area contributed by atoms with Crippen molar-refractivity contribution in [3.63, 3.8) is 0 Å². The second-order valence-corrected chi connectivity index (χ2v) is 3.55. The molecule has 6 nitrogen and oxygen atoms in total. The van der Waals surface area contributed by atoms with Crippen molar-refractivity contribution in [3.05, 3.63) is 29.3 Å². The minimum atomic E-state index is -0.342. The zero-order valence-electron chi connectivity index (χ0n) is 9.83. The lowest BCUT2D eigenvalue weighted by molar-refractivity contribution is -0.119. The fourth-order valence-electron chi connectivity index (χ4n) is 1.32. The van der Waals surface area contributed by atoms with Gasteiger partial charge in [-0.05, 0) is 19.1 Å². The molecule has 0 aliphatic rings. The van der Waals surface area contributed by atoms with E-state index in [9.17, 15) is 9.59 Å². The fourth-order valence-corrected chi connectivity index (χ4v) is 1.32. The number of likely N-dealkylation sites (N-methyl/N-ethyl adjacent to an activating group) is 1. The van der Waals surface area contributed by atoms with E-state index in [1.165, 1.54) is 7.05 Å². The van der Waals surface area contributed by atoms with Gasteiger partial charge in [0.05, 0.1) is 17.8 Å². The Kier molecular flexibility index (Phi) is 4.47. The molecule has 0 aliphatic carbocycles. The number of hydrogen-bond acceptors (Lipinski definition) is 4. The van der Waals surface area contributed by atoms with Crippen molar-refractivity contribution in [2.75, 3.05) is 19.0 Å². The minimum Gasteiger partial charge on any atom is -0.358 e. The summed E-state index contributed by atoms with van der Waals surface area (Å²) in [5, 5.41) is 4.92. The summed E-state index contributed by atoms with van der Waals surface area (Å²) in [5.74, 6) is 4.71. The highest BCUT2D eigenvalue weighted by Crippen LogP contribution is 2.15.